The number of nitrogens with zero attached hydrogens (tertiary/aromatic N) is 4. The summed E-state index contributed by atoms with van der Waals surface area (Å²) in [7, 11) is 0. The summed E-state index contributed by atoms with van der Waals surface area (Å²) in [6, 6.07) is 0. The average molecular weight is 279 g/mol. The van der Waals surface area contributed by atoms with E-state index in [-0.39, 0.29) is 5.41 Å². The highest BCUT2D eigenvalue weighted by atomic mass is 35.5. The molecule has 0 spiro atoms. The topological polar surface area (TPSA) is 43.1 Å². The van der Waals surface area contributed by atoms with Crippen molar-refractivity contribution in [1.29, 1.82) is 0 Å². The fourth-order valence-electron chi connectivity index (χ4n) is 3.21. The molecule has 102 valence electrons. The van der Waals surface area contributed by atoms with E-state index in [4.69, 9.17) is 11.6 Å². The number of aryl methyl sites for hydroxylation is 1. The maximum Gasteiger partial charge on any atom is 0.181 e. The van der Waals surface area contributed by atoms with Gasteiger partial charge < -0.3 is 0 Å². The van der Waals surface area contributed by atoms with Gasteiger partial charge >= 0.3 is 0 Å². The van der Waals surface area contributed by atoms with E-state index in [0.29, 0.717) is 5.15 Å². The molecule has 0 radical (unpaired) electrons. The summed E-state index contributed by atoms with van der Waals surface area (Å²) in [6.07, 6.45) is 5.97. The highest BCUT2D eigenvalue weighted by Crippen LogP contribution is 2.42. The second kappa shape index (κ2) is 4.44. The number of fused-ring (bicyclic) bond motifs is 1. The van der Waals surface area contributed by atoms with Crippen LogP contribution in [0.2, 0.25) is 5.15 Å². The van der Waals surface area contributed by atoms with Gasteiger partial charge in [-0.1, -0.05) is 31.4 Å². The predicted octanol–water partition coefficient (Wildman–Crippen LogP) is 3.62. The highest BCUT2D eigenvalue weighted by molar-refractivity contribution is 6.30. The molecule has 5 heteroatoms. The zero-order chi connectivity index (χ0) is 13.6. The molecule has 0 aliphatic heterocycles. The third kappa shape index (κ3) is 1.76. The molecule has 3 rings (SSSR count). The lowest BCUT2D eigenvalue weighted by atomic mass is 9.82. The Balaban J connectivity index is 2.26. The van der Waals surface area contributed by atoms with Gasteiger partial charge in [0.2, 0.25) is 0 Å². The van der Waals surface area contributed by atoms with Crippen molar-refractivity contribution < 1.29 is 0 Å². The first kappa shape index (κ1) is 12.9. The standard InChI is InChI=1S/C14H19ClN4/c1-4-14(7-5-6-8-14)13-17-16-12-10(3)9(2)11(15)18-19(12)13/h4-8H2,1-3H3. The number of hydrogen-bond acceptors (Lipinski definition) is 3. The summed E-state index contributed by atoms with van der Waals surface area (Å²) >= 11 is 6.23. The lowest BCUT2D eigenvalue weighted by molar-refractivity contribution is 0.389. The largest absolute Gasteiger partial charge is 0.195 e. The summed E-state index contributed by atoms with van der Waals surface area (Å²) in [5.74, 6) is 0.993. The van der Waals surface area contributed by atoms with E-state index < -0.39 is 0 Å². The van der Waals surface area contributed by atoms with Crippen molar-refractivity contribution in [1.82, 2.24) is 19.8 Å². The monoisotopic (exact) mass is 278 g/mol. The number of aromatic nitrogens is 4. The molecular formula is C14H19ClN4. The Hall–Kier alpha value is -1.16. The van der Waals surface area contributed by atoms with Crippen molar-refractivity contribution >= 4 is 17.2 Å². The van der Waals surface area contributed by atoms with Gasteiger partial charge in [0.15, 0.2) is 16.6 Å². The summed E-state index contributed by atoms with van der Waals surface area (Å²) in [6.45, 7) is 6.24. The molecule has 2 aromatic heterocycles. The van der Waals surface area contributed by atoms with Crippen LogP contribution in [-0.2, 0) is 5.41 Å². The van der Waals surface area contributed by atoms with Crippen LogP contribution in [-0.4, -0.2) is 19.8 Å². The fourth-order valence-corrected chi connectivity index (χ4v) is 3.43. The quantitative estimate of drug-likeness (QED) is 0.843. The Labute approximate surface area is 118 Å². The summed E-state index contributed by atoms with van der Waals surface area (Å²) in [5, 5.41) is 13.8. The Morgan fingerprint density at radius 2 is 1.84 bits per heavy atom. The second-order valence-electron chi connectivity index (χ2n) is 5.64. The maximum atomic E-state index is 6.23. The van der Waals surface area contributed by atoms with Crippen LogP contribution in [0.4, 0.5) is 0 Å². The van der Waals surface area contributed by atoms with Crippen LogP contribution in [0.15, 0.2) is 0 Å². The minimum Gasteiger partial charge on any atom is -0.195 e. The van der Waals surface area contributed by atoms with Gasteiger partial charge in [-0.05, 0) is 38.7 Å². The van der Waals surface area contributed by atoms with Crippen molar-refractivity contribution in [2.45, 2.75) is 58.3 Å². The zero-order valence-electron chi connectivity index (χ0n) is 11.7. The van der Waals surface area contributed by atoms with Crippen LogP contribution in [0, 0.1) is 13.8 Å². The van der Waals surface area contributed by atoms with Gasteiger partial charge in [-0.3, -0.25) is 0 Å². The van der Waals surface area contributed by atoms with E-state index in [0.717, 1.165) is 29.0 Å². The van der Waals surface area contributed by atoms with Crippen molar-refractivity contribution in [3.63, 3.8) is 0 Å². The van der Waals surface area contributed by atoms with Gasteiger partial charge in [0.05, 0.1) is 0 Å². The van der Waals surface area contributed by atoms with Gasteiger partial charge in [-0.25, -0.2) is 0 Å². The van der Waals surface area contributed by atoms with E-state index in [1.807, 2.05) is 18.4 Å². The lowest BCUT2D eigenvalue weighted by Gasteiger charge is -2.24. The first-order valence-corrected chi connectivity index (χ1v) is 7.35. The molecule has 0 saturated heterocycles. The van der Waals surface area contributed by atoms with Gasteiger partial charge in [0.25, 0.3) is 0 Å². The molecule has 4 nitrogen and oxygen atoms in total. The summed E-state index contributed by atoms with van der Waals surface area (Å²) in [5.41, 5.74) is 3.04. The molecule has 0 bridgehead atoms. The molecule has 1 saturated carbocycles. The number of hydrogen-bond donors (Lipinski definition) is 0. The number of halogens is 1. The molecule has 0 aromatic carbocycles. The molecule has 0 atom stereocenters. The Bertz CT molecular complexity index is 626. The van der Waals surface area contributed by atoms with Crippen LogP contribution in [0.3, 0.4) is 0 Å². The Kier molecular flexibility index (Phi) is 3.01. The van der Waals surface area contributed by atoms with Crippen molar-refractivity contribution in [3.05, 3.63) is 22.1 Å². The Morgan fingerprint density at radius 1 is 1.16 bits per heavy atom. The maximum absolute atomic E-state index is 6.23. The number of rotatable bonds is 2. The van der Waals surface area contributed by atoms with Crippen LogP contribution in [0.5, 0.6) is 0 Å². The van der Waals surface area contributed by atoms with Crippen molar-refractivity contribution in [2.75, 3.05) is 0 Å². The smallest absolute Gasteiger partial charge is 0.181 e. The molecule has 0 amide bonds. The van der Waals surface area contributed by atoms with E-state index >= 15 is 0 Å². The molecule has 0 N–H and O–H groups in total. The van der Waals surface area contributed by atoms with Gasteiger partial charge in [-0.2, -0.15) is 9.61 Å². The highest BCUT2D eigenvalue weighted by Gasteiger charge is 2.38. The third-order valence-electron chi connectivity index (χ3n) is 4.75. The zero-order valence-corrected chi connectivity index (χ0v) is 12.5. The van der Waals surface area contributed by atoms with Crippen LogP contribution >= 0.6 is 11.6 Å². The molecule has 1 fully saturated rings. The minimum absolute atomic E-state index is 0.136. The van der Waals surface area contributed by atoms with Crippen LogP contribution in [0.25, 0.3) is 5.65 Å². The fraction of sp³-hybridized carbons (Fsp3) is 0.643. The molecule has 2 heterocycles. The molecule has 1 aliphatic rings. The normalized spacial score (nSPS) is 18.3. The Morgan fingerprint density at radius 3 is 2.47 bits per heavy atom. The van der Waals surface area contributed by atoms with Gasteiger partial charge in [0.1, 0.15) is 0 Å². The molecular weight excluding hydrogens is 260 g/mol. The average Bonchev–Trinajstić information content (AvgIpc) is 3.03. The molecule has 2 aromatic rings. The van der Waals surface area contributed by atoms with Gasteiger partial charge in [-0.15, -0.1) is 10.2 Å². The van der Waals surface area contributed by atoms with Crippen LogP contribution in [0.1, 0.15) is 56.0 Å². The molecule has 1 aliphatic carbocycles. The third-order valence-corrected chi connectivity index (χ3v) is 5.11. The van der Waals surface area contributed by atoms with E-state index in [2.05, 4.69) is 22.2 Å². The minimum atomic E-state index is 0.136. The molecule has 0 unspecified atom stereocenters. The second-order valence-corrected chi connectivity index (χ2v) is 6.00. The molecule has 19 heavy (non-hydrogen) atoms. The van der Waals surface area contributed by atoms with Crippen molar-refractivity contribution in [3.8, 4) is 0 Å². The summed E-state index contributed by atoms with van der Waals surface area (Å²) in [4.78, 5) is 0. The van der Waals surface area contributed by atoms with E-state index in [1.54, 1.807) is 0 Å². The van der Waals surface area contributed by atoms with E-state index in [1.165, 1.54) is 25.7 Å². The van der Waals surface area contributed by atoms with Crippen molar-refractivity contribution in [2.24, 2.45) is 0 Å². The summed E-state index contributed by atoms with van der Waals surface area (Å²) < 4.78 is 1.87. The SMILES string of the molecule is CCC1(c2nnc3c(C)c(C)c(Cl)nn23)CCCC1. The first-order valence-electron chi connectivity index (χ1n) is 6.97. The first-order chi connectivity index (χ1) is 9.09. The van der Waals surface area contributed by atoms with Gasteiger partial charge in [0, 0.05) is 11.0 Å². The van der Waals surface area contributed by atoms with Crippen LogP contribution < -0.4 is 0 Å². The lowest BCUT2D eigenvalue weighted by Crippen LogP contribution is -2.25. The van der Waals surface area contributed by atoms with E-state index in [9.17, 15) is 0 Å². The predicted molar refractivity (Wildman–Crippen MR) is 75.7 cm³/mol.